The van der Waals surface area contributed by atoms with Crippen LogP contribution in [0.5, 0.6) is 0 Å². The Morgan fingerprint density at radius 1 is 0.682 bits per heavy atom. The van der Waals surface area contributed by atoms with Crippen molar-refractivity contribution in [1.29, 1.82) is 0 Å². The van der Waals surface area contributed by atoms with Gasteiger partial charge in [-0.25, -0.2) is 0 Å². The van der Waals surface area contributed by atoms with Gasteiger partial charge in [0.15, 0.2) is 0 Å². The summed E-state index contributed by atoms with van der Waals surface area (Å²) in [7, 11) is 0. The fourth-order valence-electron chi connectivity index (χ4n) is 2.32. The third kappa shape index (κ3) is 7.26. The van der Waals surface area contributed by atoms with Crippen molar-refractivity contribution in [3.05, 3.63) is 24.3 Å². The van der Waals surface area contributed by atoms with E-state index in [2.05, 4.69) is 0 Å². The molecule has 2 amide bonds. The van der Waals surface area contributed by atoms with E-state index in [-0.39, 0.29) is 60.5 Å². The molecule has 8 heteroatoms. The van der Waals surface area contributed by atoms with E-state index >= 15 is 0 Å². The Balaban J connectivity index is 0. The summed E-state index contributed by atoms with van der Waals surface area (Å²) < 4.78 is 0. The number of halogens is 2. The third-order valence-electron chi connectivity index (χ3n) is 3.69. The van der Waals surface area contributed by atoms with Gasteiger partial charge in [-0.1, -0.05) is 24.3 Å². The Morgan fingerprint density at radius 2 is 0.955 bits per heavy atom. The van der Waals surface area contributed by atoms with Crippen molar-refractivity contribution in [1.82, 2.24) is 0 Å². The van der Waals surface area contributed by atoms with Crippen molar-refractivity contribution >= 4 is 36.6 Å². The fraction of sp³-hybridized carbons (Fsp3) is 0.571. The molecule has 0 saturated heterocycles. The Bertz CT molecular complexity index is 378. The summed E-state index contributed by atoms with van der Waals surface area (Å²) in [6, 6.07) is -0.134. The highest BCUT2D eigenvalue weighted by atomic mass is 35.5. The van der Waals surface area contributed by atoms with Crippen LogP contribution >= 0.6 is 24.8 Å². The van der Waals surface area contributed by atoms with E-state index in [0.717, 1.165) is 12.8 Å². The summed E-state index contributed by atoms with van der Waals surface area (Å²) in [5, 5.41) is 0. The van der Waals surface area contributed by atoms with Gasteiger partial charge >= 0.3 is 0 Å². The maximum Gasteiger partial charge on any atom is 0.222 e. The van der Waals surface area contributed by atoms with Crippen LogP contribution < -0.4 is 22.9 Å². The van der Waals surface area contributed by atoms with Crippen LogP contribution in [0.25, 0.3) is 0 Å². The molecule has 0 aliphatic heterocycles. The summed E-state index contributed by atoms with van der Waals surface area (Å²) in [5.41, 5.74) is 21.5. The molecule has 0 heterocycles. The number of carbonyl (C=O) groups is 2. The molecular weight excluding hydrogens is 327 g/mol. The molecule has 0 fully saturated rings. The lowest BCUT2D eigenvalue weighted by molar-refractivity contribution is -0.123. The largest absolute Gasteiger partial charge is 0.369 e. The summed E-state index contributed by atoms with van der Waals surface area (Å²) in [6.45, 7) is 0. The molecule has 0 bridgehead atoms. The zero-order valence-corrected chi connectivity index (χ0v) is 14.0. The van der Waals surface area contributed by atoms with E-state index in [1.165, 1.54) is 0 Å². The van der Waals surface area contributed by atoms with E-state index in [1.807, 2.05) is 24.3 Å². The van der Waals surface area contributed by atoms with Gasteiger partial charge in [0.05, 0.1) is 11.8 Å². The number of rotatable bonds is 2. The maximum atomic E-state index is 10.7. The normalized spacial score (nSPS) is 29.2. The molecule has 0 spiro atoms. The molecule has 0 unspecified atom stereocenters. The zero-order valence-electron chi connectivity index (χ0n) is 12.4. The van der Waals surface area contributed by atoms with Crippen molar-refractivity contribution < 1.29 is 9.59 Å². The van der Waals surface area contributed by atoms with Crippen LogP contribution in [0.3, 0.4) is 0 Å². The summed E-state index contributed by atoms with van der Waals surface area (Å²) in [5.74, 6) is -0.858. The lowest BCUT2D eigenvalue weighted by Gasteiger charge is -2.21. The van der Waals surface area contributed by atoms with Crippen molar-refractivity contribution in [2.75, 3.05) is 0 Å². The first-order valence-electron chi connectivity index (χ1n) is 6.83. The van der Waals surface area contributed by atoms with Crippen molar-refractivity contribution in [2.24, 2.45) is 34.8 Å². The minimum absolute atomic E-state index is 0. The molecule has 0 aromatic rings. The standard InChI is InChI=1S/2C7H12N2O.2ClH/c2*8-6-4-2-1-3-5(6)7(9)10;;/h2*1-2,5-6H,3-4,8H2,(H2,9,10);2*1H/t2*5-,6-;;/m10../s1. The van der Waals surface area contributed by atoms with Gasteiger partial charge in [0.2, 0.25) is 11.8 Å². The van der Waals surface area contributed by atoms with E-state index < -0.39 is 0 Å². The third-order valence-corrected chi connectivity index (χ3v) is 3.69. The van der Waals surface area contributed by atoms with Crippen LogP contribution in [0.2, 0.25) is 0 Å². The van der Waals surface area contributed by atoms with Crippen molar-refractivity contribution in [2.45, 2.75) is 37.8 Å². The van der Waals surface area contributed by atoms with E-state index in [0.29, 0.717) is 12.8 Å². The number of carbonyl (C=O) groups excluding carboxylic acids is 2. The first-order valence-corrected chi connectivity index (χ1v) is 6.83. The predicted molar refractivity (Wildman–Crippen MR) is 92.6 cm³/mol. The first-order chi connectivity index (χ1) is 9.43. The summed E-state index contributed by atoms with van der Waals surface area (Å²) in [6.07, 6.45) is 10.8. The van der Waals surface area contributed by atoms with Gasteiger partial charge in [-0.2, -0.15) is 0 Å². The van der Waals surface area contributed by atoms with E-state index in [4.69, 9.17) is 22.9 Å². The maximum absolute atomic E-state index is 10.7. The van der Waals surface area contributed by atoms with Crippen LogP contribution in [0, 0.1) is 11.8 Å². The fourth-order valence-corrected chi connectivity index (χ4v) is 2.32. The van der Waals surface area contributed by atoms with Crippen molar-refractivity contribution in [3.8, 4) is 0 Å². The van der Waals surface area contributed by atoms with Gasteiger partial charge < -0.3 is 22.9 Å². The Kier molecular flexibility index (Phi) is 12.1. The molecule has 2 aliphatic rings. The number of primary amides is 2. The highest BCUT2D eigenvalue weighted by molar-refractivity contribution is 5.85. The zero-order chi connectivity index (χ0) is 15.1. The molecule has 6 nitrogen and oxygen atoms in total. The minimum atomic E-state index is -0.281. The second kappa shape index (κ2) is 11.5. The number of amides is 2. The number of allylic oxidation sites excluding steroid dienone is 2. The summed E-state index contributed by atoms with van der Waals surface area (Å²) in [4.78, 5) is 21.3. The number of hydrogen-bond donors (Lipinski definition) is 4. The molecule has 0 aromatic heterocycles. The summed E-state index contributed by atoms with van der Waals surface area (Å²) >= 11 is 0. The minimum Gasteiger partial charge on any atom is -0.369 e. The Hall–Kier alpha value is -1.08. The molecule has 128 valence electrons. The molecule has 2 aliphatic carbocycles. The van der Waals surface area contributed by atoms with Crippen LogP contribution in [0.1, 0.15) is 25.7 Å². The molecule has 0 saturated carbocycles. The van der Waals surface area contributed by atoms with Crippen molar-refractivity contribution in [3.63, 3.8) is 0 Å². The van der Waals surface area contributed by atoms with Crippen LogP contribution in [-0.4, -0.2) is 23.9 Å². The SMILES string of the molecule is Cl.Cl.NC(=O)[C@@H]1CC=CC[C@H]1N.NC(=O)[C@H]1CC=CC[C@@H]1N. The van der Waals surface area contributed by atoms with Gasteiger partial charge in [-0.05, 0) is 25.7 Å². The number of hydrogen-bond acceptors (Lipinski definition) is 4. The van der Waals surface area contributed by atoms with Crippen LogP contribution in [0.15, 0.2) is 24.3 Å². The van der Waals surface area contributed by atoms with Crippen LogP contribution in [-0.2, 0) is 9.59 Å². The van der Waals surface area contributed by atoms with Gasteiger partial charge in [0, 0.05) is 12.1 Å². The molecule has 22 heavy (non-hydrogen) atoms. The number of nitrogens with two attached hydrogens (primary N) is 4. The average molecular weight is 353 g/mol. The molecule has 8 N–H and O–H groups in total. The highest BCUT2D eigenvalue weighted by Gasteiger charge is 2.23. The van der Waals surface area contributed by atoms with Gasteiger partial charge in [0.25, 0.3) is 0 Å². The van der Waals surface area contributed by atoms with E-state index in [1.54, 1.807) is 0 Å². The Labute approximate surface area is 143 Å². The smallest absolute Gasteiger partial charge is 0.222 e. The lowest BCUT2D eigenvalue weighted by Crippen LogP contribution is -2.39. The molecule has 0 radical (unpaired) electrons. The molecule has 2 rings (SSSR count). The van der Waals surface area contributed by atoms with Gasteiger partial charge in [0.1, 0.15) is 0 Å². The topological polar surface area (TPSA) is 138 Å². The second-order valence-electron chi connectivity index (χ2n) is 5.23. The van der Waals surface area contributed by atoms with Gasteiger partial charge in [-0.15, -0.1) is 24.8 Å². The van der Waals surface area contributed by atoms with Gasteiger partial charge in [-0.3, -0.25) is 9.59 Å². The molecule has 4 atom stereocenters. The van der Waals surface area contributed by atoms with Crippen LogP contribution in [0.4, 0.5) is 0 Å². The Morgan fingerprint density at radius 3 is 1.14 bits per heavy atom. The first kappa shape index (κ1) is 23.2. The highest BCUT2D eigenvalue weighted by Crippen LogP contribution is 2.16. The average Bonchev–Trinajstić information content (AvgIpc) is 2.40. The molecular formula is C14H26Cl2N4O2. The monoisotopic (exact) mass is 352 g/mol. The quantitative estimate of drug-likeness (QED) is 0.533. The predicted octanol–water partition coefficient (Wildman–Crippen LogP) is 0.374. The lowest BCUT2D eigenvalue weighted by atomic mass is 9.89. The van der Waals surface area contributed by atoms with E-state index in [9.17, 15) is 9.59 Å². The molecule has 0 aromatic carbocycles. The second-order valence-corrected chi connectivity index (χ2v) is 5.23.